The molecule has 6 nitrogen and oxygen atoms in total. The fourth-order valence-corrected chi connectivity index (χ4v) is 3.81. The number of carbonyl (C=O) groups excluding carboxylic acids is 1. The van der Waals surface area contributed by atoms with E-state index >= 15 is 0 Å². The van der Waals surface area contributed by atoms with Crippen molar-refractivity contribution in [1.82, 2.24) is 20.2 Å². The average Bonchev–Trinajstić information content (AvgIpc) is 3.21. The zero-order valence-corrected chi connectivity index (χ0v) is 18.2. The number of nitrogens with zero attached hydrogens (tertiary/aromatic N) is 4. The minimum absolute atomic E-state index is 0.145. The molecule has 7 heteroatoms. The van der Waals surface area contributed by atoms with Crippen LogP contribution >= 0.6 is 11.8 Å². The largest absolute Gasteiger partial charge is 0.272 e. The van der Waals surface area contributed by atoms with Crippen LogP contribution in [-0.2, 0) is 4.79 Å². The van der Waals surface area contributed by atoms with E-state index in [9.17, 15) is 4.79 Å². The van der Waals surface area contributed by atoms with Crippen molar-refractivity contribution >= 4 is 23.4 Å². The molecule has 0 fully saturated rings. The minimum atomic E-state index is -0.145. The summed E-state index contributed by atoms with van der Waals surface area (Å²) in [6.07, 6.45) is 3.85. The molecule has 0 spiro atoms. The van der Waals surface area contributed by atoms with Gasteiger partial charge in [0.2, 0.25) is 0 Å². The number of amides is 1. The normalized spacial score (nSPS) is 10.6. The molecule has 0 atom stereocenters. The molecule has 0 unspecified atom stereocenters. The molecule has 30 heavy (non-hydrogen) atoms. The highest BCUT2D eigenvalue weighted by Gasteiger charge is 2.17. The van der Waals surface area contributed by atoms with Gasteiger partial charge in [-0.3, -0.25) is 9.36 Å². The molecule has 1 heterocycles. The lowest BCUT2D eigenvalue weighted by Crippen LogP contribution is -2.21. The maximum Gasteiger partial charge on any atom is 0.250 e. The van der Waals surface area contributed by atoms with E-state index in [2.05, 4.69) is 34.6 Å². The number of para-hydroxylation sites is 1. The highest BCUT2D eigenvalue weighted by molar-refractivity contribution is 7.99. The Morgan fingerprint density at radius 3 is 2.23 bits per heavy atom. The summed E-state index contributed by atoms with van der Waals surface area (Å²) in [5.41, 5.74) is 5.66. The summed E-state index contributed by atoms with van der Waals surface area (Å²) >= 11 is 1.35. The third-order valence-electron chi connectivity index (χ3n) is 4.43. The van der Waals surface area contributed by atoms with Crippen LogP contribution in [0.3, 0.4) is 0 Å². The van der Waals surface area contributed by atoms with Gasteiger partial charge in [0.05, 0.1) is 5.75 Å². The van der Waals surface area contributed by atoms with Crippen LogP contribution in [0.4, 0.5) is 0 Å². The van der Waals surface area contributed by atoms with Crippen LogP contribution in [0.25, 0.3) is 17.1 Å². The maximum atomic E-state index is 12.4. The standard InChI is InChI=1S/C23H27N5OS/c1-3-11-19(12-4-2)24-25-21(29)17-30-23-27-26-22(18-13-7-5-8-14-18)28(23)20-15-9-6-10-16-20/h5-10,13-16H,3-4,11-12,17H2,1-2H3,(H,25,29). The molecular weight excluding hydrogens is 394 g/mol. The van der Waals surface area contributed by atoms with Gasteiger partial charge in [-0.25, -0.2) is 5.43 Å². The number of hydrogen-bond donors (Lipinski definition) is 1. The lowest BCUT2D eigenvalue weighted by atomic mass is 10.1. The van der Waals surface area contributed by atoms with Gasteiger partial charge in [-0.15, -0.1) is 10.2 Å². The molecule has 1 amide bonds. The SMILES string of the molecule is CCCC(CCC)=NNC(=O)CSc1nnc(-c2ccccc2)n1-c1ccccc1. The van der Waals surface area contributed by atoms with Gasteiger partial charge in [-0.2, -0.15) is 5.10 Å². The summed E-state index contributed by atoms with van der Waals surface area (Å²) in [4.78, 5) is 12.4. The molecule has 0 radical (unpaired) electrons. The number of thioether (sulfide) groups is 1. The Labute approximate surface area is 181 Å². The van der Waals surface area contributed by atoms with Crippen LogP contribution in [0.15, 0.2) is 70.9 Å². The Morgan fingerprint density at radius 2 is 1.60 bits per heavy atom. The predicted molar refractivity (Wildman–Crippen MR) is 123 cm³/mol. The fraction of sp³-hybridized carbons (Fsp3) is 0.304. The van der Waals surface area contributed by atoms with Crippen LogP contribution in [0.5, 0.6) is 0 Å². The topological polar surface area (TPSA) is 72.2 Å². The van der Waals surface area contributed by atoms with E-state index in [0.29, 0.717) is 5.16 Å². The molecular formula is C23H27N5OS. The number of carbonyl (C=O) groups is 1. The number of hydrogen-bond acceptors (Lipinski definition) is 5. The Balaban J connectivity index is 1.77. The average molecular weight is 422 g/mol. The van der Waals surface area contributed by atoms with Gasteiger partial charge in [0.25, 0.3) is 5.91 Å². The van der Waals surface area contributed by atoms with Crippen molar-refractivity contribution in [3.63, 3.8) is 0 Å². The number of nitrogens with one attached hydrogen (secondary N) is 1. The lowest BCUT2D eigenvalue weighted by Gasteiger charge is -2.10. The second-order valence-electron chi connectivity index (χ2n) is 6.84. The molecule has 0 aliphatic heterocycles. The Kier molecular flexibility index (Phi) is 8.20. The van der Waals surface area contributed by atoms with Gasteiger partial charge in [0.15, 0.2) is 11.0 Å². The third-order valence-corrected chi connectivity index (χ3v) is 5.36. The number of hydrazone groups is 1. The summed E-state index contributed by atoms with van der Waals surface area (Å²) in [7, 11) is 0. The summed E-state index contributed by atoms with van der Waals surface area (Å²) < 4.78 is 1.98. The first-order valence-electron chi connectivity index (χ1n) is 10.3. The van der Waals surface area contributed by atoms with Gasteiger partial charge in [0.1, 0.15) is 0 Å². The molecule has 3 aromatic rings. The van der Waals surface area contributed by atoms with E-state index in [0.717, 1.165) is 48.5 Å². The van der Waals surface area contributed by atoms with Gasteiger partial charge in [-0.05, 0) is 25.0 Å². The van der Waals surface area contributed by atoms with Crippen LogP contribution in [0.2, 0.25) is 0 Å². The van der Waals surface area contributed by atoms with Crippen LogP contribution < -0.4 is 5.43 Å². The summed E-state index contributed by atoms with van der Waals surface area (Å²) in [5, 5.41) is 13.7. The number of aromatic nitrogens is 3. The highest BCUT2D eigenvalue weighted by Crippen LogP contribution is 2.27. The van der Waals surface area contributed by atoms with Gasteiger partial charge in [-0.1, -0.05) is 87.0 Å². The van der Waals surface area contributed by atoms with Crippen molar-refractivity contribution < 1.29 is 4.79 Å². The predicted octanol–water partition coefficient (Wildman–Crippen LogP) is 5.10. The second kappa shape index (κ2) is 11.3. The molecule has 156 valence electrons. The van der Waals surface area contributed by atoms with E-state index in [1.807, 2.05) is 65.2 Å². The van der Waals surface area contributed by atoms with E-state index < -0.39 is 0 Å². The smallest absolute Gasteiger partial charge is 0.250 e. The van der Waals surface area contributed by atoms with Crippen molar-refractivity contribution in [2.24, 2.45) is 5.10 Å². The molecule has 1 N–H and O–H groups in total. The van der Waals surface area contributed by atoms with Crippen molar-refractivity contribution in [1.29, 1.82) is 0 Å². The van der Waals surface area contributed by atoms with Crippen molar-refractivity contribution in [2.75, 3.05) is 5.75 Å². The van der Waals surface area contributed by atoms with Crippen LogP contribution in [-0.4, -0.2) is 32.1 Å². The molecule has 1 aromatic heterocycles. The summed E-state index contributed by atoms with van der Waals surface area (Å²) in [6.45, 7) is 4.23. The zero-order chi connectivity index (χ0) is 21.2. The van der Waals surface area contributed by atoms with Crippen LogP contribution in [0.1, 0.15) is 39.5 Å². The first-order chi connectivity index (χ1) is 14.7. The molecule has 0 saturated heterocycles. The molecule has 2 aromatic carbocycles. The van der Waals surface area contributed by atoms with Crippen molar-refractivity contribution in [3.8, 4) is 17.1 Å². The first kappa shape index (κ1) is 21.8. The van der Waals surface area contributed by atoms with E-state index in [1.54, 1.807) is 0 Å². The molecule has 0 bridgehead atoms. The number of benzene rings is 2. The Morgan fingerprint density at radius 1 is 0.967 bits per heavy atom. The maximum absolute atomic E-state index is 12.4. The van der Waals surface area contributed by atoms with Crippen LogP contribution in [0, 0.1) is 0 Å². The van der Waals surface area contributed by atoms with Crippen molar-refractivity contribution in [2.45, 2.75) is 44.7 Å². The zero-order valence-electron chi connectivity index (χ0n) is 17.4. The van der Waals surface area contributed by atoms with Gasteiger partial charge >= 0.3 is 0 Å². The highest BCUT2D eigenvalue weighted by atomic mass is 32.2. The lowest BCUT2D eigenvalue weighted by molar-refractivity contribution is -0.118. The van der Waals surface area contributed by atoms with Crippen molar-refractivity contribution in [3.05, 3.63) is 60.7 Å². The second-order valence-corrected chi connectivity index (χ2v) is 7.79. The van der Waals surface area contributed by atoms with E-state index in [-0.39, 0.29) is 11.7 Å². The monoisotopic (exact) mass is 421 g/mol. The van der Waals surface area contributed by atoms with E-state index in [4.69, 9.17) is 0 Å². The molecule has 0 saturated carbocycles. The fourth-order valence-electron chi connectivity index (χ4n) is 3.07. The number of rotatable bonds is 10. The van der Waals surface area contributed by atoms with Gasteiger partial charge in [0, 0.05) is 17.0 Å². The third kappa shape index (κ3) is 5.79. The Hall–Kier alpha value is -2.93. The summed E-state index contributed by atoms with van der Waals surface area (Å²) in [6, 6.07) is 19.9. The minimum Gasteiger partial charge on any atom is -0.272 e. The first-order valence-corrected chi connectivity index (χ1v) is 11.2. The van der Waals surface area contributed by atoms with Gasteiger partial charge < -0.3 is 0 Å². The molecule has 0 aliphatic carbocycles. The quantitative estimate of drug-likeness (QED) is 0.281. The summed E-state index contributed by atoms with van der Waals surface area (Å²) in [5.74, 6) is 0.818. The van der Waals surface area contributed by atoms with E-state index in [1.165, 1.54) is 11.8 Å². The molecule has 0 aliphatic rings. The Bertz CT molecular complexity index is 962. The molecule has 3 rings (SSSR count).